The molecule has 4 N–H and O–H groups in total. The van der Waals surface area contributed by atoms with Crippen molar-refractivity contribution in [1.29, 1.82) is 0 Å². The van der Waals surface area contributed by atoms with Crippen LogP contribution in [0.3, 0.4) is 0 Å². The third kappa shape index (κ3) is 4.38. The van der Waals surface area contributed by atoms with E-state index in [-0.39, 0.29) is 42.9 Å². The molecule has 0 saturated heterocycles. The molecule has 2 unspecified atom stereocenters. The van der Waals surface area contributed by atoms with Gasteiger partial charge in [0.2, 0.25) is 5.91 Å². The molecule has 2 aromatic rings. The molecule has 2 aromatic carbocycles. The topological polar surface area (TPSA) is 125 Å². The molecule has 2 saturated carbocycles. The average Bonchev–Trinajstić information content (AvgIpc) is 3.35. The van der Waals surface area contributed by atoms with Crippen LogP contribution in [0.2, 0.25) is 0 Å². The van der Waals surface area contributed by atoms with Gasteiger partial charge in [-0.3, -0.25) is 4.79 Å². The number of amides is 2. The molecule has 184 valence electrons. The second-order valence-electron chi connectivity index (χ2n) is 10.2. The van der Waals surface area contributed by atoms with Crippen LogP contribution in [0.5, 0.6) is 0 Å². The van der Waals surface area contributed by atoms with Gasteiger partial charge in [-0.25, -0.2) is 9.59 Å². The number of rotatable bonds is 7. The van der Waals surface area contributed by atoms with Crippen LogP contribution in [-0.4, -0.2) is 53.0 Å². The minimum absolute atomic E-state index is 0.00450. The quantitative estimate of drug-likeness (QED) is 0.485. The predicted molar refractivity (Wildman–Crippen MR) is 128 cm³/mol. The Morgan fingerprint density at radius 2 is 1.63 bits per heavy atom. The number of carboxylic acid groups (broad SMARTS) is 1. The first kappa shape index (κ1) is 23.4. The molecule has 3 aliphatic carbocycles. The van der Waals surface area contributed by atoms with Crippen LogP contribution in [-0.2, 0) is 14.3 Å². The van der Waals surface area contributed by atoms with Gasteiger partial charge in [0, 0.05) is 17.9 Å². The Labute approximate surface area is 203 Å². The predicted octanol–water partition coefficient (Wildman–Crippen LogP) is 2.89. The van der Waals surface area contributed by atoms with Crippen molar-refractivity contribution < 1.29 is 29.3 Å². The molecule has 5 atom stereocenters. The van der Waals surface area contributed by atoms with E-state index in [2.05, 4.69) is 34.9 Å². The lowest BCUT2D eigenvalue weighted by Crippen LogP contribution is -2.50. The zero-order valence-electron chi connectivity index (χ0n) is 19.6. The molecule has 8 heteroatoms. The summed E-state index contributed by atoms with van der Waals surface area (Å²) in [5.74, 6) is -1.32. The van der Waals surface area contributed by atoms with Crippen LogP contribution >= 0.6 is 0 Å². The van der Waals surface area contributed by atoms with E-state index in [4.69, 9.17) is 9.84 Å². The highest BCUT2D eigenvalue weighted by molar-refractivity contribution is 5.82. The highest BCUT2D eigenvalue weighted by atomic mass is 16.5. The summed E-state index contributed by atoms with van der Waals surface area (Å²) in [6.45, 7) is 1.08. The van der Waals surface area contributed by atoms with E-state index in [0.717, 1.165) is 24.5 Å². The van der Waals surface area contributed by atoms with E-state index >= 15 is 0 Å². The third-order valence-electron chi connectivity index (χ3n) is 7.91. The number of fused-ring (bicyclic) bond motifs is 4. The lowest BCUT2D eigenvalue weighted by molar-refractivity contribution is -0.156. The Hall–Kier alpha value is -3.39. The molecule has 0 aromatic heterocycles. The molecule has 0 aliphatic heterocycles. The summed E-state index contributed by atoms with van der Waals surface area (Å²) in [5.41, 5.74) is 2.69. The van der Waals surface area contributed by atoms with E-state index in [1.807, 2.05) is 24.3 Å². The Bertz CT molecular complexity index is 1120. The van der Waals surface area contributed by atoms with Gasteiger partial charge in [-0.1, -0.05) is 48.5 Å². The van der Waals surface area contributed by atoms with Crippen molar-refractivity contribution in [3.8, 4) is 11.1 Å². The number of benzene rings is 2. The van der Waals surface area contributed by atoms with Gasteiger partial charge in [0.05, 0.1) is 6.54 Å². The van der Waals surface area contributed by atoms with Gasteiger partial charge in [-0.2, -0.15) is 0 Å². The fourth-order valence-corrected chi connectivity index (χ4v) is 5.88. The van der Waals surface area contributed by atoms with Gasteiger partial charge < -0.3 is 25.6 Å². The molecule has 0 bridgehead atoms. The molecular formula is C27H30N2O6. The molecule has 35 heavy (non-hydrogen) atoms. The summed E-state index contributed by atoms with van der Waals surface area (Å²) in [7, 11) is 0. The number of carbonyl (C=O) groups is 3. The van der Waals surface area contributed by atoms with Gasteiger partial charge in [-0.15, -0.1) is 0 Å². The van der Waals surface area contributed by atoms with Crippen LogP contribution in [0, 0.1) is 17.8 Å². The fourth-order valence-electron chi connectivity index (χ4n) is 5.88. The number of alkyl carbamates (subject to hydrolysis) is 1. The number of nitrogens with one attached hydrogen (secondary N) is 2. The number of ether oxygens (including phenoxy) is 1. The molecule has 0 spiro atoms. The number of aliphatic carboxylic acids is 1. The second kappa shape index (κ2) is 9.00. The van der Waals surface area contributed by atoms with Crippen LogP contribution < -0.4 is 10.6 Å². The molecule has 0 heterocycles. The smallest absolute Gasteiger partial charge is 0.407 e. The fraction of sp³-hybridized carbons (Fsp3) is 0.444. The molecule has 5 rings (SSSR count). The minimum atomic E-state index is -2.00. The summed E-state index contributed by atoms with van der Waals surface area (Å²) >= 11 is 0. The first-order valence-electron chi connectivity index (χ1n) is 12.1. The number of carbonyl (C=O) groups excluding carboxylic acids is 2. The molecule has 0 radical (unpaired) electrons. The number of hydrogen-bond donors (Lipinski definition) is 4. The highest BCUT2D eigenvalue weighted by Gasteiger charge is 2.50. The first-order chi connectivity index (χ1) is 16.7. The van der Waals surface area contributed by atoms with Crippen LogP contribution in [0.25, 0.3) is 11.1 Å². The Morgan fingerprint density at radius 1 is 1.00 bits per heavy atom. The number of aliphatic hydroxyl groups is 1. The van der Waals surface area contributed by atoms with Crippen LogP contribution in [0.4, 0.5) is 4.79 Å². The van der Waals surface area contributed by atoms with E-state index in [1.165, 1.54) is 11.1 Å². The van der Waals surface area contributed by atoms with Crippen LogP contribution in [0.1, 0.15) is 43.2 Å². The SMILES string of the molecule is CC(O)(CNC(=O)C1C[C@@H]2C[C@H](NC(=O)OCC3c4ccccc4-c4ccccc43)[C@@H]2C1)C(=O)O. The summed E-state index contributed by atoms with van der Waals surface area (Å²) in [4.78, 5) is 36.1. The van der Waals surface area contributed by atoms with Gasteiger partial charge in [0.1, 0.15) is 6.61 Å². The number of carboxylic acids is 1. The zero-order valence-corrected chi connectivity index (χ0v) is 19.6. The van der Waals surface area contributed by atoms with Gasteiger partial charge in [0.15, 0.2) is 5.60 Å². The Kier molecular flexibility index (Phi) is 6.01. The third-order valence-corrected chi connectivity index (χ3v) is 7.91. The van der Waals surface area contributed by atoms with Crippen molar-refractivity contribution in [2.24, 2.45) is 17.8 Å². The molecule has 3 aliphatic rings. The molecule has 2 amide bonds. The van der Waals surface area contributed by atoms with Crippen molar-refractivity contribution in [2.75, 3.05) is 13.2 Å². The van der Waals surface area contributed by atoms with Gasteiger partial charge in [-0.05, 0) is 60.3 Å². The zero-order chi connectivity index (χ0) is 24.7. The highest BCUT2D eigenvalue weighted by Crippen LogP contribution is 2.50. The van der Waals surface area contributed by atoms with Gasteiger partial charge >= 0.3 is 12.1 Å². The second-order valence-corrected chi connectivity index (χ2v) is 10.2. The monoisotopic (exact) mass is 478 g/mol. The maximum Gasteiger partial charge on any atom is 0.407 e. The number of hydrogen-bond acceptors (Lipinski definition) is 5. The molecular weight excluding hydrogens is 448 g/mol. The minimum Gasteiger partial charge on any atom is -0.479 e. The summed E-state index contributed by atoms with van der Waals surface area (Å²) in [6, 6.07) is 16.4. The lowest BCUT2D eigenvalue weighted by atomic mass is 9.71. The summed E-state index contributed by atoms with van der Waals surface area (Å²) < 4.78 is 5.65. The standard InChI is InChI=1S/C27H30N2O6/c1-27(34,25(31)32)14-28-24(30)16-10-15-12-23(21(15)11-16)29-26(33)35-13-22-19-8-4-2-6-17(19)18-7-3-5-9-20(18)22/h2-9,15-16,21-23,34H,10-14H2,1H3,(H,28,30)(H,29,33)(H,31,32)/t15-,16?,21-,23+,27?/m1/s1. The van der Waals surface area contributed by atoms with E-state index in [0.29, 0.717) is 18.8 Å². The first-order valence-corrected chi connectivity index (χ1v) is 12.1. The van der Waals surface area contributed by atoms with Crippen molar-refractivity contribution in [1.82, 2.24) is 10.6 Å². The van der Waals surface area contributed by atoms with Crippen molar-refractivity contribution in [3.63, 3.8) is 0 Å². The van der Waals surface area contributed by atoms with Gasteiger partial charge in [0.25, 0.3) is 0 Å². The Morgan fingerprint density at radius 3 is 2.26 bits per heavy atom. The normalized spacial score (nSPS) is 25.9. The summed E-state index contributed by atoms with van der Waals surface area (Å²) in [6.07, 6.45) is 1.68. The molecule has 2 fully saturated rings. The average molecular weight is 479 g/mol. The van der Waals surface area contributed by atoms with E-state index < -0.39 is 17.7 Å². The van der Waals surface area contributed by atoms with Crippen molar-refractivity contribution >= 4 is 18.0 Å². The maximum absolute atomic E-state index is 12.6. The molecule has 8 nitrogen and oxygen atoms in total. The van der Waals surface area contributed by atoms with Crippen LogP contribution in [0.15, 0.2) is 48.5 Å². The lowest BCUT2D eigenvalue weighted by Gasteiger charge is -2.40. The van der Waals surface area contributed by atoms with Crippen molar-refractivity contribution in [3.05, 3.63) is 59.7 Å². The van der Waals surface area contributed by atoms with E-state index in [9.17, 15) is 19.5 Å². The summed E-state index contributed by atoms with van der Waals surface area (Å²) in [5, 5.41) is 24.3. The maximum atomic E-state index is 12.6. The van der Waals surface area contributed by atoms with E-state index in [1.54, 1.807) is 0 Å². The van der Waals surface area contributed by atoms with Crippen molar-refractivity contribution in [2.45, 2.75) is 43.7 Å². The largest absolute Gasteiger partial charge is 0.479 e. The Balaban J connectivity index is 1.12.